The minimum absolute atomic E-state index is 0.331. The molecule has 0 unspecified atom stereocenters. The number of hydrogen-bond donors (Lipinski definition) is 1. The van der Waals surface area contributed by atoms with Crippen molar-refractivity contribution in [3.05, 3.63) is 83.7 Å². The van der Waals surface area contributed by atoms with E-state index in [0.29, 0.717) is 23.9 Å². The Morgan fingerprint density at radius 1 is 0.973 bits per heavy atom. The Bertz CT molecular complexity index is 1370. The smallest absolute Gasteiger partial charge is 0.330 e. The number of pyridine rings is 1. The molecule has 37 heavy (non-hydrogen) atoms. The van der Waals surface area contributed by atoms with Gasteiger partial charge in [-0.2, -0.15) is 0 Å². The van der Waals surface area contributed by atoms with Gasteiger partial charge in [-0.1, -0.05) is 30.3 Å². The fraction of sp³-hybridized carbons (Fsp3) is 0.241. The van der Waals surface area contributed by atoms with Crippen LogP contribution in [0.15, 0.2) is 66.9 Å². The Labute approximate surface area is 216 Å². The molecule has 0 saturated heterocycles. The molecule has 4 rings (SSSR count). The average Bonchev–Trinajstić information content (AvgIpc) is 3.27. The van der Waals surface area contributed by atoms with Gasteiger partial charge in [0.2, 0.25) is 5.75 Å². The summed E-state index contributed by atoms with van der Waals surface area (Å²) in [6.45, 7) is 2.11. The van der Waals surface area contributed by atoms with Crippen LogP contribution in [0.25, 0.3) is 11.7 Å². The molecule has 192 valence electrons. The van der Waals surface area contributed by atoms with E-state index in [0.717, 1.165) is 41.3 Å². The van der Waals surface area contributed by atoms with E-state index in [4.69, 9.17) is 23.9 Å². The third-order valence-corrected chi connectivity index (χ3v) is 5.83. The van der Waals surface area contributed by atoms with Gasteiger partial charge in [-0.15, -0.1) is 0 Å². The largest absolute Gasteiger partial charge is 0.493 e. The van der Waals surface area contributed by atoms with Gasteiger partial charge < -0.3 is 24.3 Å². The van der Waals surface area contributed by atoms with E-state index in [-0.39, 0.29) is 5.97 Å². The summed E-state index contributed by atoms with van der Waals surface area (Å²) >= 11 is 0. The number of nitrogens with zero attached hydrogens (tertiary/aromatic N) is 2. The number of imidazole rings is 1. The van der Waals surface area contributed by atoms with E-state index in [1.165, 1.54) is 11.6 Å². The molecule has 0 aliphatic carbocycles. The Balaban J connectivity index is 1.75. The van der Waals surface area contributed by atoms with E-state index in [1.54, 1.807) is 34.3 Å². The molecule has 0 amide bonds. The lowest BCUT2D eigenvalue weighted by atomic mass is 10.1. The van der Waals surface area contributed by atoms with Crippen molar-refractivity contribution >= 4 is 29.2 Å². The predicted molar refractivity (Wildman–Crippen MR) is 144 cm³/mol. The van der Waals surface area contributed by atoms with Crippen molar-refractivity contribution in [3.8, 4) is 17.2 Å². The predicted octanol–water partition coefficient (Wildman–Crippen LogP) is 5.47. The number of carbonyl (C=O) groups is 1. The molecule has 2 aromatic heterocycles. The fourth-order valence-electron chi connectivity index (χ4n) is 4.07. The molecule has 0 spiro atoms. The van der Waals surface area contributed by atoms with Crippen molar-refractivity contribution in [2.24, 2.45) is 0 Å². The van der Waals surface area contributed by atoms with Crippen LogP contribution in [-0.4, -0.2) is 43.3 Å². The number of fused-ring (bicyclic) bond motifs is 1. The highest BCUT2D eigenvalue weighted by Crippen LogP contribution is 2.41. The molecule has 2 aromatic carbocycles. The third kappa shape index (κ3) is 6.03. The van der Waals surface area contributed by atoms with Gasteiger partial charge in [0.15, 0.2) is 11.5 Å². The molecule has 1 N–H and O–H groups in total. The fourth-order valence-corrected chi connectivity index (χ4v) is 4.07. The topological polar surface area (TPSA) is 83.3 Å². The second-order valence-electron chi connectivity index (χ2n) is 8.21. The zero-order valence-electron chi connectivity index (χ0n) is 21.5. The number of rotatable bonds is 11. The molecule has 0 aliphatic rings. The van der Waals surface area contributed by atoms with Crippen LogP contribution in [0.5, 0.6) is 17.2 Å². The van der Waals surface area contributed by atoms with Crippen LogP contribution < -0.4 is 19.5 Å². The molecular formula is C29H31N3O5. The molecule has 0 radical (unpaired) electrons. The second-order valence-corrected chi connectivity index (χ2v) is 8.21. The normalized spacial score (nSPS) is 11.0. The first-order valence-corrected chi connectivity index (χ1v) is 12.0. The van der Waals surface area contributed by atoms with E-state index >= 15 is 0 Å². The number of benzene rings is 2. The summed E-state index contributed by atoms with van der Waals surface area (Å²) in [6.07, 6.45) is 6.65. The van der Waals surface area contributed by atoms with Gasteiger partial charge in [0.05, 0.1) is 33.6 Å². The van der Waals surface area contributed by atoms with Crippen molar-refractivity contribution in [2.75, 3.05) is 33.3 Å². The summed E-state index contributed by atoms with van der Waals surface area (Å²) in [7, 11) is 4.75. The first-order valence-electron chi connectivity index (χ1n) is 12.0. The van der Waals surface area contributed by atoms with E-state index in [2.05, 4.69) is 17.4 Å². The van der Waals surface area contributed by atoms with Gasteiger partial charge >= 0.3 is 5.97 Å². The van der Waals surface area contributed by atoms with Gasteiger partial charge in [-0.3, -0.25) is 4.40 Å². The summed E-state index contributed by atoms with van der Waals surface area (Å²) in [5, 5.41) is 3.51. The lowest BCUT2D eigenvalue weighted by Crippen LogP contribution is -2.02. The van der Waals surface area contributed by atoms with Crippen molar-refractivity contribution < 1.29 is 23.7 Å². The van der Waals surface area contributed by atoms with Crippen LogP contribution in [0.1, 0.15) is 23.7 Å². The second kappa shape index (κ2) is 12.0. The first kappa shape index (κ1) is 25.6. The number of methoxy groups -OCH3 is 3. The maximum Gasteiger partial charge on any atom is 0.330 e. The van der Waals surface area contributed by atoms with Crippen molar-refractivity contribution in [1.82, 2.24) is 9.38 Å². The standard InChI is InChI=1S/C29H31N3O5/c1-5-37-27(33)16-13-21-12-15-26-31-23(14-11-20-9-7-6-8-10-20)29(32(26)19-21)30-22-17-24(34-2)28(36-4)25(18-22)35-3/h6-10,12-13,15-19,30H,5,11,14H2,1-4H3/b16-13+. The number of carbonyl (C=O) groups excluding carboxylic acids is 1. The Morgan fingerprint density at radius 2 is 1.70 bits per heavy atom. The summed E-state index contributed by atoms with van der Waals surface area (Å²) < 4.78 is 23.5. The molecule has 4 aromatic rings. The SMILES string of the molecule is CCOC(=O)/C=C/c1ccc2nc(CCc3ccccc3)c(Nc3cc(OC)c(OC)c(OC)c3)n2c1. The minimum Gasteiger partial charge on any atom is -0.493 e. The maximum atomic E-state index is 11.8. The summed E-state index contributed by atoms with van der Waals surface area (Å²) in [5.41, 5.74) is 4.51. The van der Waals surface area contributed by atoms with Crippen LogP contribution in [0.4, 0.5) is 11.5 Å². The van der Waals surface area contributed by atoms with Gasteiger partial charge in [-0.05, 0) is 49.1 Å². The highest BCUT2D eigenvalue weighted by atomic mass is 16.5. The van der Waals surface area contributed by atoms with Gasteiger partial charge in [-0.25, -0.2) is 9.78 Å². The monoisotopic (exact) mass is 501 g/mol. The Morgan fingerprint density at radius 3 is 2.35 bits per heavy atom. The molecule has 0 fully saturated rings. The quantitative estimate of drug-likeness (QED) is 0.216. The van der Waals surface area contributed by atoms with Crippen LogP contribution in [0.3, 0.4) is 0 Å². The average molecular weight is 502 g/mol. The van der Waals surface area contributed by atoms with Gasteiger partial charge in [0.1, 0.15) is 11.5 Å². The number of nitrogens with one attached hydrogen (secondary N) is 1. The zero-order valence-corrected chi connectivity index (χ0v) is 21.5. The number of anilines is 2. The Kier molecular flexibility index (Phi) is 8.30. The number of hydrogen-bond acceptors (Lipinski definition) is 7. The van der Waals surface area contributed by atoms with E-state index in [1.807, 2.05) is 53.1 Å². The number of esters is 1. The van der Waals surface area contributed by atoms with Crippen molar-refractivity contribution in [1.29, 1.82) is 0 Å². The Hall–Kier alpha value is -4.46. The molecule has 0 bridgehead atoms. The number of ether oxygens (including phenoxy) is 4. The lowest BCUT2D eigenvalue weighted by molar-refractivity contribution is -0.137. The number of aryl methyl sites for hydroxylation is 2. The molecule has 8 heteroatoms. The van der Waals surface area contributed by atoms with Gasteiger partial charge in [0, 0.05) is 30.1 Å². The first-order chi connectivity index (χ1) is 18.1. The summed E-state index contributed by atoms with van der Waals surface area (Å²) in [5.74, 6) is 2.03. The van der Waals surface area contributed by atoms with Crippen LogP contribution in [-0.2, 0) is 22.4 Å². The van der Waals surface area contributed by atoms with E-state index in [9.17, 15) is 4.79 Å². The highest BCUT2D eigenvalue weighted by molar-refractivity contribution is 5.87. The van der Waals surface area contributed by atoms with Crippen LogP contribution in [0.2, 0.25) is 0 Å². The molecule has 0 saturated carbocycles. The third-order valence-electron chi connectivity index (χ3n) is 5.83. The lowest BCUT2D eigenvalue weighted by Gasteiger charge is -2.16. The minimum atomic E-state index is -0.382. The van der Waals surface area contributed by atoms with Crippen LogP contribution in [0, 0.1) is 0 Å². The molecular weight excluding hydrogens is 470 g/mol. The zero-order chi connectivity index (χ0) is 26.2. The van der Waals surface area contributed by atoms with E-state index < -0.39 is 0 Å². The summed E-state index contributed by atoms with van der Waals surface area (Å²) in [6, 6.07) is 17.9. The summed E-state index contributed by atoms with van der Waals surface area (Å²) in [4.78, 5) is 16.7. The molecule has 2 heterocycles. The highest BCUT2D eigenvalue weighted by Gasteiger charge is 2.17. The molecule has 8 nitrogen and oxygen atoms in total. The van der Waals surface area contributed by atoms with Crippen LogP contribution >= 0.6 is 0 Å². The molecule has 0 atom stereocenters. The van der Waals surface area contributed by atoms with Crippen molar-refractivity contribution in [2.45, 2.75) is 19.8 Å². The maximum absolute atomic E-state index is 11.8. The van der Waals surface area contributed by atoms with Crippen molar-refractivity contribution in [3.63, 3.8) is 0 Å². The van der Waals surface area contributed by atoms with Gasteiger partial charge in [0.25, 0.3) is 0 Å². The molecule has 0 aliphatic heterocycles. The number of aromatic nitrogens is 2.